The zero-order chi connectivity index (χ0) is 13.9. The standard InChI is InChI=1S/C19H34/c1-7-19(12(3)10-13(19)4)18-14(5)16-9-8-11(2)17(16)15(18)6/h11-18H,7-10H2,1-6H3. The maximum atomic E-state index is 2.61. The van der Waals surface area contributed by atoms with E-state index >= 15 is 0 Å². The summed E-state index contributed by atoms with van der Waals surface area (Å²) in [5.41, 5.74) is 0.683. The Hall–Kier alpha value is 0. The lowest BCUT2D eigenvalue weighted by atomic mass is 9.45. The van der Waals surface area contributed by atoms with Crippen LogP contribution in [0.1, 0.15) is 67.2 Å². The van der Waals surface area contributed by atoms with Crippen molar-refractivity contribution < 1.29 is 0 Å². The van der Waals surface area contributed by atoms with Crippen molar-refractivity contribution in [1.29, 1.82) is 0 Å². The predicted octanol–water partition coefficient (Wildman–Crippen LogP) is 5.62. The van der Waals surface area contributed by atoms with Gasteiger partial charge in [0.1, 0.15) is 0 Å². The SMILES string of the molecule is CCC1(C2C(C)C3CCC(C)C3C2C)C(C)CC1C. The van der Waals surface area contributed by atoms with E-state index in [1.807, 2.05) is 0 Å². The maximum absolute atomic E-state index is 2.61. The smallest absolute Gasteiger partial charge is 0.0215 e. The Morgan fingerprint density at radius 3 is 2.00 bits per heavy atom. The van der Waals surface area contributed by atoms with Crippen LogP contribution in [0, 0.1) is 52.8 Å². The van der Waals surface area contributed by atoms with Gasteiger partial charge in [-0.2, -0.15) is 0 Å². The highest BCUT2D eigenvalue weighted by Gasteiger charge is 2.62. The van der Waals surface area contributed by atoms with Crippen molar-refractivity contribution in [2.24, 2.45) is 52.8 Å². The summed E-state index contributed by atoms with van der Waals surface area (Å²) in [6.45, 7) is 15.3. The Morgan fingerprint density at radius 1 is 0.895 bits per heavy atom. The molecule has 0 aromatic heterocycles. The molecule has 0 aromatic rings. The summed E-state index contributed by atoms with van der Waals surface area (Å²) in [5.74, 6) is 7.99. The highest BCUT2D eigenvalue weighted by Crippen LogP contribution is 2.68. The van der Waals surface area contributed by atoms with E-state index in [2.05, 4.69) is 41.5 Å². The van der Waals surface area contributed by atoms with Gasteiger partial charge < -0.3 is 0 Å². The van der Waals surface area contributed by atoms with Crippen LogP contribution in [-0.4, -0.2) is 0 Å². The van der Waals surface area contributed by atoms with Crippen LogP contribution in [0.25, 0.3) is 0 Å². The van der Waals surface area contributed by atoms with Crippen LogP contribution in [0.4, 0.5) is 0 Å². The van der Waals surface area contributed by atoms with Crippen LogP contribution in [-0.2, 0) is 0 Å². The Kier molecular flexibility index (Phi) is 3.31. The van der Waals surface area contributed by atoms with E-state index in [1.54, 1.807) is 0 Å². The number of hydrogen-bond donors (Lipinski definition) is 0. The Balaban J connectivity index is 1.93. The van der Waals surface area contributed by atoms with Crippen LogP contribution >= 0.6 is 0 Å². The van der Waals surface area contributed by atoms with E-state index in [4.69, 9.17) is 0 Å². The quantitative estimate of drug-likeness (QED) is 0.605. The first-order valence-corrected chi connectivity index (χ1v) is 8.95. The van der Waals surface area contributed by atoms with E-state index in [1.165, 1.54) is 25.7 Å². The topological polar surface area (TPSA) is 0 Å². The van der Waals surface area contributed by atoms with E-state index in [9.17, 15) is 0 Å². The fraction of sp³-hybridized carbons (Fsp3) is 1.00. The molecule has 0 heterocycles. The van der Waals surface area contributed by atoms with Crippen molar-refractivity contribution in [2.45, 2.75) is 67.2 Å². The van der Waals surface area contributed by atoms with Crippen molar-refractivity contribution in [3.8, 4) is 0 Å². The minimum atomic E-state index is 0.683. The van der Waals surface area contributed by atoms with Gasteiger partial charge in [-0.1, -0.05) is 48.0 Å². The highest BCUT2D eigenvalue weighted by atomic mass is 14.7. The first kappa shape index (κ1) is 14.0. The van der Waals surface area contributed by atoms with Crippen molar-refractivity contribution in [3.63, 3.8) is 0 Å². The fourth-order valence-corrected chi connectivity index (χ4v) is 7.63. The summed E-state index contributed by atoms with van der Waals surface area (Å²) in [6, 6.07) is 0. The van der Waals surface area contributed by atoms with Crippen molar-refractivity contribution in [3.05, 3.63) is 0 Å². The minimum Gasteiger partial charge on any atom is -0.0648 e. The number of fused-ring (bicyclic) bond motifs is 1. The molecule has 0 spiro atoms. The van der Waals surface area contributed by atoms with Crippen LogP contribution in [0.15, 0.2) is 0 Å². The lowest BCUT2D eigenvalue weighted by Gasteiger charge is -2.60. The van der Waals surface area contributed by atoms with E-state index in [0.29, 0.717) is 5.41 Å². The molecular weight excluding hydrogens is 228 g/mol. The summed E-state index contributed by atoms with van der Waals surface area (Å²) in [7, 11) is 0. The lowest BCUT2D eigenvalue weighted by molar-refractivity contribution is -0.118. The van der Waals surface area contributed by atoms with Gasteiger partial charge in [-0.15, -0.1) is 0 Å². The second-order valence-corrected chi connectivity index (χ2v) is 8.54. The van der Waals surface area contributed by atoms with E-state index in [0.717, 1.165) is 47.3 Å². The molecule has 8 unspecified atom stereocenters. The Bertz CT molecular complexity index is 336. The second kappa shape index (κ2) is 4.50. The molecule has 3 rings (SSSR count). The van der Waals surface area contributed by atoms with Gasteiger partial charge in [0.15, 0.2) is 0 Å². The molecule has 0 bridgehead atoms. The van der Waals surface area contributed by atoms with Gasteiger partial charge in [0, 0.05) is 0 Å². The Labute approximate surface area is 120 Å². The van der Waals surface area contributed by atoms with Gasteiger partial charge in [0.05, 0.1) is 0 Å². The minimum absolute atomic E-state index is 0.683. The molecule has 3 saturated carbocycles. The van der Waals surface area contributed by atoms with Gasteiger partial charge in [-0.25, -0.2) is 0 Å². The molecule has 0 amide bonds. The molecule has 0 aromatic carbocycles. The van der Waals surface area contributed by atoms with Crippen LogP contribution in [0.5, 0.6) is 0 Å². The Morgan fingerprint density at radius 2 is 1.53 bits per heavy atom. The zero-order valence-electron chi connectivity index (χ0n) is 13.9. The third-order valence-electron chi connectivity index (χ3n) is 8.30. The monoisotopic (exact) mass is 262 g/mol. The maximum Gasteiger partial charge on any atom is -0.0215 e. The third-order valence-corrected chi connectivity index (χ3v) is 8.30. The molecule has 0 saturated heterocycles. The summed E-state index contributed by atoms with van der Waals surface area (Å²) in [4.78, 5) is 0. The summed E-state index contributed by atoms with van der Waals surface area (Å²) >= 11 is 0. The average molecular weight is 262 g/mol. The van der Waals surface area contributed by atoms with Crippen molar-refractivity contribution in [2.75, 3.05) is 0 Å². The second-order valence-electron chi connectivity index (χ2n) is 8.54. The summed E-state index contributed by atoms with van der Waals surface area (Å²) in [5, 5.41) is 0. The fourth-order valence-electron chi connectivity index (χ4n) is 7.63. The zero-order valence-corrected chi connectivity index (χ0v) is 13.9. The van der Waals surface area contributed by atoms with Crippen LogP contribution in [0.2, 0.25) is 0 Å². The molecule has 8 atom stereocenters. The van der Waals surface area contributed by atoms with Gasteiger partial charge in [-0.05, 0) is 72.0 Å². The third kappa shape index (κ3) is 1.58. The molecule has 3 fully saturated rings. The molecular formula is C19H34. The van der Waals surface area contributed by atoms with Gasteiger partial charge in [0.2, 0.25) is 0 Å². The molecule has 3 aliphatic carbocycles. The number of rotatable bonds is 2. The predicted molar refractivity (Wildman–Crippen MR) is 82.9 cm³/mol. The van der Waals surface area contributed by atoms with E-state index < -0.39 is 0 Å². The highest BCUT2D eigenvalue weighted by molar-refractivity contribution is 5.10. The average Bonchev–Trinajstić information content (AvgIpc) is 2.86. The molecule has 0 heteroatoms. The summed E-state index contributed by atoms with van der Waals surface area (Å²) < 4.78 is 0. The summed E-state index contributed by atoms with van der Waals surface area (Å²) in [6.07, 6.45) is 5.93. The van der Waals surface area contributed by atoms with Crippen molar-refractivity contribution >= 4 is 0 Å². The first-order valence-electron chi connectivity index (χ1n) is 8.95. The molecule has 0 N–H and O–H groups in total. The van der Waals surface area contributed by atoms with Gasteiger partial charge in [-0.3, -0.25) is 0 Å². The van der Waals surface area contributed by atoms with Crippen LogP contribution < -0.4 is 0 Å². The first-order chi connectivity index (χ1) is 8.95. The largest absolute Gasteiger partial charge is 0.0648 e. The van der Waals surface area contributed by atoms with Gasteiger partial charge >= 0.3 is 0 Å². The molecule has 110 valence electrons. The number of hydrogen-bond acceptors (Lipinski definition) is 0. The van der Waals surface area contributed by atoms with Crippen molar-refractivity contribution in [1.82, 2.24) is 0 Å². The molecule has 0 radical (unpaired) electrons. The van der Waals surface area contributed by atoms with E-state index in [-0.39, 0.29) is 0 Å². The molecule has 19 heavy (non-hydrogen) atoms. The lowest BCUT2D eigenvalue weighted by Crippen LogP contribution is -2.54. The van der Waals surface area contributed by atoms with Crippen LogP contribution in [0.3, 0.4) is 0 Å². The molecule has 3 aliphatic rings. The normalized spacial score (nSPS) is 60.9. The molecule has 0 aliphatic heterocycles. The molecule has 0 nitrogen and oxygen atoms in total. The van der Waals surface area contributed by atoms with Gasteiger partial charge in [0.25, 0.3) is 0 Å².